The third-order valence-electron chi connectivity index (χ3n) is 4.12. The quantitative estimate of drug-likeness (QED) is 0.691. The molecule has 0 saturated heterocycles. The second-order valence-corrected chi connectivity index (χ2v) is 4.77. The highest BCUT2D eigenvalue weighted by Gasteiger charge is 2.36. The van der Waals surface area contributed by atoms with Crippen LogP contribution in [-0.2, 0) is 0 Å². The largest absolute Gasteiger partial charge is 0.317 e. The van der Waals surface area contributed by atoms with Crippen LogP contribution in [0.5, 0.6) is 0 Å². The summed E-state index contributed by atoms with van der Waals surface area (Å²) in [4.78, 5) is 0. The number of halogens is 1. The lowest BCUT2D eigenvalue weighted by atomic mass is 9.71. The van der Waals surface area contributed by atoms with E-state index in [1.807, 2.05) is 0 Å². The summed E-state index contributed by atoms with van der Waals surface area (Å²) in [7, 11) is 2.11. The molecule has 78 valence electrons. The van der Waals surface area contributed by atoms with Gasteiger partial charge in [-0.1, -0.05) is 12.8 Å². The molecule has 2 fully saturated rings. The van der Waals surface area contributed by atoms with Crippen molar-refractivity contribution < 1.29 is 0 Å². The van der Waals surface area contributed by atoms with Crippen LogP contribution >= 0.6 is 12.4 Å². The summed E-state index contributed by atoms with van der Waals surface area (Å²) in [6.07, 6.45) is 11.9. The van der Waals surface area contributed by atoms with E-state index in [0.717, 1.165) is 11.5 Å². The maximum absolute atomic E-state index is 3.41. The maximum Gasteiger partial charge on any atom is 0.00644 e. The zero-order chi connectivity index (χ0) is 8.44. The Morgan fingerprint density at radius 1 is 1.00 bits per heavy atom. The van der Waals surface area contributed by atoms with Crippen molar-refractivity contribution in [3.8, 4) is 0 Å². The topological polar surface area (TPSA) is 12.0 Å². The normalized spacial score (nSPS) is 27.5. The minimum atomic E-state index is 0. The minimum absolute atomic E-state index is 0. The summed E-state index contributed by atoms with van der Waals surface area (Å²) in [6, 6.07) is 0.830. The summed E-state index contributed by atoms with van der Waals surface area (Å²) in [5, 5.41) is 3.41. The zero-order valence-electron chi connectivity index (χ0n) is 8.64. The number of hydrogen-bond acceptors (Lipinski definition) is 1. The molecule has 1 nitrogen and oxygen atoms in total. The van der Waals surface area contributed by atoms with Crippen molar-refractivity contribution in [2.45, 2.75) is 57.4 Å². The molecule has 1 N–H and O–H groups in total. The van der Waals surface area contributed by atoms with E-state index in [1.54, 1.807) is 0 Å². The van der Waals surface area contributed by atoms with E-state index in [9.17, 15) is 0 Å². The van der Waals surface area contributed by atoms with E-state index in [2.05, 4.69) is 12.4 Å². The number of rotatable bonds is 1. The molecule has 0 bridgehead atoms. The molecule has 0 atom stereocenters. The molecule has 0 unspecified atom stereocenters. The molecule has 0 aromatic carbocycles. The van der Waals surface area contributed by atoms with Crippen LogP contribution in [0, 0.1) is 5.41 Å². The van der Waals surface area contributed by atoms with Gasteiger partial charge < -0.3 is 5.32 Å². The molecule has 2 saturated carbocycles. The van der Waals surface area contributed by atoms with E-state index < -0.39 is 0 Å². The summed E-state index contributed by atoms with van der Waals surface area (Å²) >= 11 is 0. The van der Waals surface area contributed by atoms with Crippen molar-refractivity contribution in [1.29, 1.82) is 0 Å². The lowest BCUT2D eigenvalue weighted by Crippen LogP contribution is -2.34. The predicted molar refractivity (Wildman–Crippen MR) is 59.5 cm³/mol. The van der Waals surface area contributed by atoms with Crippen LogP contribution < -0.4 is 5.32 Å². The molecule has 0 aliphatic heterocycles. The van der Waals surface area contributed by atoms with Crippen LogP contribution in [0.4, 0.5) is 0 Å². The molecule has 2 heteroatoms. The van der Waals surface area contributed by atoms with E-state index in [1.165, 1.54) is 51.4 Å². The molecule has 13 heavy (non-hydrogen) atoms. The van der Waals surface area contributed by atoms with E-state index in [4.69, 9.17) is 0 Å². The van der Waals surface area contributed by atoms with Gasteiger partial charge in [-0.3, -0.25) is 0 Å². The molecular weight excluding hydrogens is 182 g/mol. The van der Waals surface area contributed by atoms with Gasteiger partial charge in [-0.25, -0.2) is 0 Å². The van der Waals surface area contributed by atoms with E-state index in [-0.39, 0.29) is 12.4 Å². The van der Waals surface area contributed by atoms with Crippen LogP contribution in [0.1, 0.15) is 51.4 Å². The summed E-state index contributed by atoms with van der Waals surface area (Å²) in [6.45, 7) is 0. The fourth-order valence-electron chi connectivity index (χ4n) is 3.14. The molecule has 0 radical (unpaired) electrons. The van der Waals surface area contributed by atoms with Gasteiger partial charge in [0, 0.05) is 6.04 Å². The van der Waals surface area contributed by atoms with Gasteiger partial charge in [0.1, 0.15) is 0 Å². The summed E-state index contributed by atoms with van der Waals surface area (Å²) in [5.74, 6) is 0. The van der Waals surface area contributed by atoms with Crippen molar-refractivity contribution in [3.63, 3.8) is 0 Å². The first-order valence-corrected chi connectivity index (χ1v) is 5.52. The van der Waals surface area contributed by atoms with Crippen LogP contribution in [0.2, 0.25) is 0 Å². The Bertz CT molecular complexity index is 142. The second-order valence-electron chi connectivity index (χ2n) is 4.77. The van der Waals surface area contributed by atoms with Crippen molar-refractivity contribution in [2.75, 3.05) is 7.05 Å². The van der Waals surface area contributed by atoms with Crippen LogP contribution in [0.3, 0.4) is 0 Å². The standard InChI is InChI=1S/C11H21N.ClH/c1-12-10-4-8-11(9-5-10)6-2-3-7-11;/h10,12H,2-9H2,1H3;1H. The van der Waals surface area contributed by atoms with Crippen LogP contribution in [0.15, 0.2) is 0 Å². The number of nitrogens with one attached hydrogen (secondary N) is 1. The van der Waals surface area contributed by atoms with Gasteiger partial charge >= 0.3 is 0 Å². The maximum atomic E-state index is 3.41. The Balaban J connectivity index is 0.000000845. The first-order valence-electron chi connectivity index (χ1n) is 5.52. The van der Waals surface area contributed by atoms with Crippen molar-refractivity contribution in [2.24, 2.45) is 5.41 Å². The molecule has 2 aliphatic rings. The Morgan fingerprint density at radius 2 is 1.54 bits per heavy atom. The molecule has 0 amide bonds. The molecule has 2 rings (SSSR count). The Morgan fingerprint density at radius 3 is 2.00 bits per heavy atom. The van der Waals surface area contributed by atoms with Gasteiger partial charge in [-0.15, -0.1) is 12.4 Å². The third kappa shape index (κ3) is 2.38. The van der Waals surface area contributed by atoms with Crippen molar-refractivity contribution in [3.05, 3.63) is 0 Å². The minimum Gasteiger partial charge on any atom is -0.317 e. The van der Waals surface area contributed by atoms with Crippen LogP contribution in [-0.4, -0.2) is 13.1 Å². The van der Waals surface area contributed by atoms with Gasteiger partial charge in [-0.2, -0.15) is 0 Å². The first-order chi connectivity index (χ1) is 5.85. The lowest BCUT2D eigenvalue weighted by Gasteiger charge is -2.37. The van der Waals surface area contributed by atoms with Crippen molar-refractivity contribution >= 4 is 12.4 Å². The SMILES string of the molecule is CNC1CCC2(CCCC2)CC1.Cl. The highest BCUT2D eigenvalue weighted by Crippen LogP contribution is 2.48. The number of hydrogen-bond donors (Lipinski definition) is 1. The van der Waals surface area contributed by atoms with Crippen LogP contribution in [0.25, 0.3) is 0 Å². The van der Waals surface area contributed by atoms with Gasteiger partial charge in [0.05, 0.1) is 0 Å². The average Bonchev–Trinajstić information content (AvgIpc) is 2.55. The predicted octanol–water partition coefficient (Wildman–Crippen LogP) is 3.13. The third-order valence-corrected chi connectivity index (χ3v) is 4.12. The monoisotopic (exact) mass is 203 g/mol. The Labute approximate surface area is 88.1 Å². The molecule has 0 heterocycles. The highest BCUT2D eigenvalue weighted by molar-refractivity contribution is 5.85. The fourth-order valence-corrected chi connectivity index (χ4v) is 3.14. The van der Waals surface area contributed by atoms with Gasteiger partial charge in [0.15, 0.2) is 0 Å². The average molecular weight is 204 g/mol. The Kier molecular flexibility index (Phi) is 4.06. The first kappa shape index (κ1) is 11.3. The Hall–Kier alpha value is 0.250. The smallest absolute Gasteiger partial charge is 0.00644 e. The molecular formula is C11H22ClN. The highest BCUT2D eigenvalue weighted by atomic mass is 35.5. The van der Waals surface area contributed by atoms with Gasteiger partial charge in [0.2, 0.25) is 0 Å². The molecule has 0 aromatic heterocycles. The van der Waals surface area contributed by atoms with E-state index >= 15 is 0 Å². The fraction of sp³-hybridized carbons (Fsp3) is 1.00. The summed E-state index contributed by atoms with van der Waals surface area (Å²) < 4.78 is 0. The second kappa shape index (κ2) is 4.65. The van der Waals surface area contributed by atoms with Gasteiger partial charge in [-0.05, 0) is 51.0 Å². The summed E-state index contributed by atoms with van der Waals surface area (Å²) in [5.41, 5.74) is 0.813. The van der Waals surface area contributed by atoms with E-state index in [0.29, 0.717) is 0 Å². The van der Waals surface area contributed by atoms with Crippen molar-refractivity contribution in [1.82, 2.24) is 5.32 Å². The van der Waals surface area contributed by atoms with Gasteiger partial charge in [0.25, 0.3) is 0 Å². The lowest BCUT2D eigenvalue weighted by molar-refractivity contribution is 0.172. The molecule has 1 spiro atoms. The molecule has 2 aliphatic carbocycles. The zero-order valence-corrected chi connectivity index (χ0v) is 9.46. The molecule has 0 aromatic rings.